The van der Waals surface area contributed by atoms with Crippen LogP contribution in [-0.2, 0) is 0 Å². The smallest absolute Gasteiger partial charge is 0.269 e. The first-order valence-corrected chi connectivity index (χ1v) is 5.71. The molecule has 0 aliphatic heterocycles. The van der Waals surface area contributed by atoms with Gasteiger partial charge >= 0.3 is 0 Å². The summed E-state index contributed by atoms with van der Waals surface area (Å²) in [5.74, 6) is 0.665. The van der Waals surface area contributed by atoms with Crippen LogP contribution in [0.4, 0.5) is 5.69 Å². The molecule has 0 radical (unpaired) electrons. The molecule has 1 N–H and O–H groups in total. The number of nitrogens with zero attached hydrogens (tertiary/aromatic N) is 1. The molecule has 1 fully saturated rings. The van der Waals surface area contributed by atoms with E-state index < -0.39 is 4.92 Å². The molecule has 92 valence electrons. The Kier molecular flexibility index (Phi) is 3.28. The Hall–Kier alpha value is -1.62. The van der Waals surface area contributed by atoms with E-state index in [2.05, 4.69) is 12.2 Å². The van der Waals surface area contributed by atoms with E-state index in [1.165, 1.54) is 25.0 Å². The van der Waals surface area contributed by atoms with E-state index in [-0.39, 0.29) is 5.69 Å². The first-order chi connectivity index (χ1) is 8.09. The maximum absolute atomic E-state index is 10.4. The number of benzene rings is 1. The van der Waals surface area contributed by atoms with Crippen molar-refractivity contribution in [2.75, 3.05) is 13.2 Å². The average molecular weight is 236 g/mol. The topological polar surface area (TPSA) is 64.4 Å². The maximum atomic E-state index is 10.4. The summed E-state index contributed by atoms with van der Waals surface area (Å²) in [6.07, 6.45) is 2.45. The second-order valence-electron chi connectivity index (χ2n) is 4.59. The Balaban J connectivity index is 1.73. The standard InChI is InChI=1S/C12H16N2O3/c1-12(6-7-12)13-8-9-17-11-4-2-10(3-5-11)14(15)16/h2-5,13H,6-9H2,1H3. The lowest BCUT2D eigenvalue weighted by atomic mass is 10.3. The van der Waals surface area contributed by atoms with Crippen LogP contribution in [0.2, 0.25) is 0 Å². The summed E-state index contributed by atoms with van der Waals surface area (Å²) in [6.45, 7) is 3.57. The van der Waals surface area contributed by atoms with Gasteiger partial charge in [-0.2, -0.15) is 0 Å². The molecule has 0 atom stereocenters. The molecular weight excluding hydrogens is 220 g/mol. The maximum Gasteiger partial charge on any atom is 0.269 e. The van der Waals surface area contributed by atoms with Gasteiger partial charge in [0, 0.05) is 24.2 Å². The highest BCUT2D eigenvalue weighted by Crippen LogP contribution is 2.33. The fourth-order valence-corrected chi connectivity index (χ4v) is 1.55. The van der Waals surface area contributed by atoms with Crippen molar-refractivity contribution in [2.24, 2.45) is 0 Å². The van der Waals surface area contributed by atoms with Crippen molar-refractivity contribution in [3.05, 3.63) is 34.4 Å². The number of hydrogen-bond acceptors (Lipinski definition) is 4. The fraction of sp³-hybridized carbons (Fsp3) is 0.500. The second-order valence-corrected chi connectivity index (χ2v) is 4.59. The van der Waals surface area contributed by atoms with Crippen LogP contribution in [0, 0.1) is 10.1 Å². The van der Waals surface area contributed by atoms with Gasteiger partial charge in [-0.15, -0.1) is 0 Å². The number of non-ortho nitro benzene ring substituents is 1. The molecule has 0 spiro atoms. The molecule has 5 heteroatoms. The Morgan fingerprint density at radius 2 is 2.06 bits per heavy atom. The highest BCUT2D eigenvalue weighted by molar-refractivity contribution is 5.35. The minimum absolute atomic E-state index is 0.0842. The van der Waals surface area contributed by atoms with E-state index in [0.717, 1.165) is 6.54 Å². The monoisotopic (exact) mass is 236 g/mol. The predicted octanol–water partition coefficient (Wildman–Crippen LogP) is 2.12. The first kappa shape index (κ1) is 11.9. The van der Waals surface area contributed by atoms with Crippen molar-refractivity contribution in [1.29, 1.82) is 0 Å². The van der Waals surface area contributed by atoms with E-state index in [9.17, 15) is 10.1 Å². The summed E-state index contributed by atoms with van der Waals surface area (Å²) in [6, 6.07) is 6.14. The third-order valence-corrected chi connectivity index (χ3v) is 2.97. The summed E-state index contributed by atoms with van der Waals surface area (Å²) in [5, 5.41) is 13.8. The summed E-state index contributed by atoms with van der Waals surface area (Å²) in [5.41, 5.74) is 0.403. The summed E-state index contributed by atoms with van der Waals surface area (Å²) >= 11 is 0. The third kappa shape index (κ3) is 3.42. The van der Waals surface area contributed by atoms with Crippen LogP contribution in [0.5, 0.6) is 5.75 Å². The third-order valence-electron chi connectivity index (χ3n) is 2.97. The zero-order valence-corrected chi connectivity index (χ0v) is 9.81. The summed E-state index contributed by atoms with van der Waals surface area (Å²) in [4.78, 5) is 10.0. The molecule has 2 rings (SSSR count). The highest BCUT2D eigenvalue weighted by Gasteiger charge is 2.36. The van der Waals surface area contributed by atoms with Gasteiger partial charge in [0.25, 0.3) is 5.69 Å². The molecule has 1 aromatic rings. The molecule has 17 heavy (non-hydrogen) atoms. The molecule has 1 aliphatic carbocycles. The predicted molar refractivity (Wildman–Crippen MR) is 64.2 cm³/mol. The number of nitrogens with one attached hydrogen (secondary N) is 1. The van der Waals surface area contributed by atoms with E-state index in [1.54, 1.807) is 12.1 Å². The lowest BCUT2D eigenvalue weighted by Gasteiger charge is -2.11. The molecule has 0 heterocycles. The van der Waals surface area contributed by atoms with E-state index >= 15 is 0 Å². The van der Waals surface area contributed by atoms with Crippen LogP contribution in [-0.4, -0.2) is 23.6 Å². The molecule has 1 aliphatic rings. The van der Waals surface area contributed by atoms with Gasteiger partial charge in [0.05, 0.1) is 4.92 Å². The molecule has 0 bridgehead atoms. The van der Waals surface area contributed by atoms with Gasteiger partial charge in [0.2, 0.25) is 0 Å². The van der Waals surface area contributed by atoms with Gasteiger partial charge in [-0.1, -0.05) is 0 Å². The molecule has 0 aromatic heterocycles. The number of nitro groups is 1. The minimum atomic E-state index is -0.417. The SMILES string of the molecule is CC1(NCCOc2ccc([N+](=O)[O-])cc2)CC1. The largest absolute Gasteiger partial charge is 0.492 e. The first-order valence-electron chi connectivity index (χ1n) is 5.71. The van der Waals surface area contributed by atoms with Crippen LogP contribution >= 0.6 is 0 Å². The highest BCUT2D eigenvalue weighted by atomic mass is 16.6. The minimum Gasteiger partial charge on any atom is -0.492 e. The van der Waals surface area contributed by atoms with Crippen LogP contribution in [0.3, 0.4) is 0 Å². The van der Waals surface area contributed by atoms with E-state index in [0.29, 0.717) is 17.9 Å². The fourth-order valence-electron chi connectivity index (χ4n) is 1.55. The van der Waals surface area contributed by atoms with Crippen molar-refractivity contribution in [2.45, 2.75) is 25.3 Å². The van der Waals surface area contributed by atoms with Crippen molar-refractivity contribution < 1.29 is 9.66 Å². The van der Waals surface area contributed by atoms with Gasteiger partial charge in [-0.25, -0.2) is 0 Å². The van der Waals surface area contributed by atoms with Crippen molar-refractivity contribution in [3.63, 3.8) is 0 Å². The van der Waals surface area contributed by atoms with Crippen molar-refractivity contribution in [1.82, 2.24) is 5.32 Å². The zero-order chi connectivity index (χ0) is 12.3. The molecular formula is C12H16N2O3. The van der Waals surface area contributed by atoms with Crippen molar-refractivity contribution in [3.8, 4) is 5.75 Å². The van der Waals surface area contributed by atoms with Crippen LogP contribution in [0.1, 0.15) is 19.8 Å². The number of hydrogen-bond donors (Lipinski definition) is 1. The van der Waals surface area contributed by atoms with Crippen LogP contribution in [0.25, 0.3) is 0 Å². The molecule has 5 nitrogen and oxygen atoms in total. The second kappa shape index (κ2) is 4.71. The Morgan fingerprint density at radius 3 is 2.59 bits per heavy atom. The molecule has 1 saturated carbocycles. The number of rotatable bonds is 6. The van der Waals surface area contributed by atoms with Gasteiger partial charge in [0.15, 0.2) is 0 Å². The van der Waals surface area contributed by atoms with Crippen LogP contribution < -0.4 is 10.1 Å². The average Bonchev–Trinajstić information content (AvgIpc) is 3.04. The Labute approximate surface area is 99.9 Å². The normalized spacial score (nSPS) is 16.5. The number of ether oxygens (including phenoxy) is 1. The van der Waals surface area contributed by atoms with Gasteiger partial charge in [0.1, 0.15) is 12.4 Å². The summed E-state index contributed by atoms with van der Waals surface area (Å²) in [7, 11) is 0. The quantitative estimate of drug-likeness (QED) is 0.467. The molecule has 0 saturated heterocycles. The van der Waals surface area contributed by atoms with Gasteiger partial charge in [-0.05, 0) is 31.9 Å². The van der Waals surface area contributed by atoms with Gasteiger partial charge < -0.3 is 10.1 Å². The van der Waals surface area contributed by atoms with E-state index in [1.807, 2.05) is 0 Å². The molecule has 1 aromatic carbocycles. The molecule has 0 amide bonds. The zero-order valence-electron chi connectivity index (χ0n) is 9.81. The Bertz CT molecular complexity index is 399. The number of nitro benzene ring substituents is 1. The van der Waals surface area contributed by atoms with Crippen molar-refractivity contribution >= 4 is 5.69 Å². The lowest BCUT2D eigenvalue weighted by Crippen LogP contribution is -2.31. The van der Waals surface area contributed by atoms with E-state index in [4.69, 9.17) is 4.74 Å². The van der Waals surface area contributed by atoms with Crippen LogP contribution in [0.15, 0.2) is 24.3 Å². The Morgan fingerprint density at radius 1 is 1.41 bits per heavy atom. The summed E-state index contributed by atoms with van der Waals surface area (Å²) < 4.78 is 5.48. The molecule has 0 unspecified atom stereocenters. The lowest BCUT2D eigenvalue weighted by molar-refractivity contribution is -0.384. The van der Waals surface area contributed by atoms with Gasteiger partial charge in [-0.3, -0.25) is 10.1 Å².